The topological polar surface area (TPSA) is 115 Å². The molecule has 1 aromatic heterocycles. The van der Waals surface area contributed by atoms with Crippen LogP contribution in [-0.2, 0) is 17.8 Å². The Morgan fingerprint density at radius 1 is 1.16 bits per heavy atom. The van der Waals surface area contributed by atoms with Gasteiger partial charge >= 0.3 is 0 Å². The number of rotatable bonds is 7. The van der Waals surface area contributed by atoms with E-state index in [1.165, 1.54) is 18.2 Å². The number of hydrogen-bond acceptors (Lipinski definition) is 6. The van der Waals surface area contributed by atoms with Crippen molar-refractivity contribution in [3.8, 4) is 11.4 Å². The fourth-order valence-corrected chi connectivity index (χ4v) is 3.78. The largest absolute Gasteiger partial charge is 0.379 e. The number of carbonyl (C=O) groups is 1. The third-order valence-corrected chi connectivity index (χ3v) is 5.37. The number of para-hydroxylation sites is 2. The van der Waals surface area contributed by atoms with Gasteiger partial charge in [0.05, 0.1) is 10.5 Å². The smallest absolute Gasteiger partial charge is 0.292 e. The molecule has 0 saturated carbocycles. The summed E-state index contributed by atoms with van der Waals surface area (Å²) in [7, 11) is 0. The standard InChI is InChI=1S/C22H23FN6O3/c23-17-10-9-15(14-16(17)22-27-26-20-8-2-1-5-13-28(20)22)25-21(30)11-12-24-18-6-3-4-7-19(18)29(31)32/h3-4,6-7,9-10,14,24H,1-2,5,8,11-13H2,(H,25,30). The van der Waals surface area contributed by atoms with Gasteiger partial charge in [-0.05, 0) is 37.1 Å². The van der Waals surface area contributed by atoms with Crippen LogP contribution in [0.2, 0.25) is 0 Å². The Morgan fingerprint density at radius 2 is 2.00 bits per heavy atom. The van der Waals surface area contributed by atoms with Crippen molar-refractivity contribution in [3.05, 3.63) is 64.2 Å². The number of nitro benzene ring substituents is 1. The lowest BCUT2D eigenvalue weighted by Crippen LogP contribution is -2.16. The molecule has 2 N–H and O–H groups in total. The van der Waals surface area contributed by atoms with Crippen LogP contribution in [0.5, 0.6) is 0 Å². The van der Waals surface area contributed by atoms with Gasteiger partial charge in [0.1, 0.15) is 17.3 Å². The van der Waals surface area contributed by atoms with Crippen LogP contribution in [0, 0.1) is 15.9 Å². The Hall–Kier alpha value is -3.82. The molecule has 0 bridgehead atoms. The second-order valence-electron chi connectivity index (χ2n) is 7.60. The molecule has 32 heavy (non-hydrogen) atoms. The monoisotopic (exact) mass is 438 g/mol. The van der Waals surface area contributed by atoms with Crippen molar-refractivity contribution < 1.29 is 14.1 Å². The molecule has 3 aromatic rings. The zero-order valence-corrected chi connectivity index (χ0v) is 17.4. The minimum Gasteiger partial charge on any atom is -0.379 e. The molecule has 0 unspecified atom stereocenters. The van der Waals surface area contributed by atoms with E-state index in [2.05, 4.69) is 20.8 Å². The van der Waals surface area contributed by atoms with Crippen molar-refractivity contribution in [1.29, 1.82) is 0 Å². The summed E-state index contributed by atoms with van der Waals surface area (Å²) >= 11 is 0. The summed E-state index contributed by atoms with van der Waals surface area (Å²) in [5.41, 5.74) is 1.04. The van der Waals surface area contributed by atoms with Crippen LogP contribution in [0.4, 0.5) is 21.5 Å². The maximum Gasteiger partial charge on any atom is 0.292 e. The maximum atomic E-state index is 14.6. The summed E-state index contributed by atoms with van der Waals surface area (Å²) in [6.07, 6.45) is 4.03. The molecule has 9 nitrogen and oxygen atoms in total. The molecule has 4 rings (SSSR count). The second kappa shape index (κ2) is 9.54. The van der Waals surface area contributed by atoms with Gasteiger partial charge in [-0.1, -0.05) is 18.6 Å². The molecule has 2 heterocycles. The highest BCUT2D eigenvalue weighted by Gasteiger charge is 2.19. The number of carbonyl (C=O) groups excluding carboxylic acids is 1. The number of nitrogens with zero attached hydrogens (tertiary/aromatic N) is 4. The van der Waals surface area contributed by atoms with Gasteiger partial charge in [-0.2, -0.15) is 0 Å². The third-order valence-electron chi connectivity index (χ3n) is 5.37. The number of halogens is 1. The Bertz CT molecular complexity index is 1150. The molecular weight excluding hydrogens is 415 g/mol. The van der Waals surface area contributed by atoms with E-state index in [9.17, 15) is 19.3 Å². The van der Waals surface area contributed by atoms with Crippen molar-refractivity contribution in [1.82, 2.24) is 14.8 Å². The number of nitro groups is 1. The van der Waals surface area contributed by atoms with E-state index in [1.54, 1.807) is 24.3 Å². The normalized spacial score (nSPS) is 13.2. The molecule has 0 radical (unpaired) electrons. The molecule has 1 aliphatic heterocycles. The quantitative estimate of drug-likeness (QED) is 0.423. The zero-order valence-electron chi connectivity index (χ0n) is 17.4. The first-order valence-corrected chi connectivity index (χ1v) is 10.5. The first-order chi connectivity index (χ1) is 15.5. The summed E-state index contributed by atoms with van der Waals surface area (Å²) in [5.74, 6) is 0.593. The van der Waals surface area contributed by atoms with Crippen LogP contribution in [0.15, 0.2) is 42.5 Å². The van der Waals surface area contributed by atoms with E-state index < -0.39 is 10.7 Å². The van der Waals surface area contributed by atoms with E-state index >= 15 is 0 Å². The summed E-state index contributed by atoms with van der Waals surface area (Å²) in [6.45, 7) is 0.952. The number of amides is 1. The molecule has 0 fully saturated rings. The van der Waals surface area contributed by atoms with Gasteiger partial charge in [0.2, 0.25) is 5.91 Å². The van der Waals surface area contributed by atoms with Crippen molar-refractivity contribution in [2.24, 2.45) is 0 Å². The van der Waals surface area contributed by atoms with Gasteiger partial charge in [0.25, 0.3) is 5.69 Å². The number of fused-ring (bicyclic) bond motifs is 1. The maximum absolute atomic E-state index is 14.6. The molecule has 1 aliphatic rings. The SMILES string of the molecule is O=C(CCNc1ccccc1[N+](=O)[O-])Nc1ccc(F)c(-c2nnc3n2CCCCC3)c1. The molecule has 166 valence electrons. The molecule has 0 aliphatic carbocycles. The van der Waals surface area contributed by atoms with Crippen molar-refractivity contribution >= 4 is 23.0 Å². The van der Waals surface area contributed by atoms with E-state index in [1.807, 2.05) is 4.57 Å². The van der Waals surface area contributed by atoms with E-state index in [-0.39, 0.29) is 24.6 Å². The van der Waals surface area contributed by atoms with Crippen molar-refractivity contribution in [2.45, 2.75) is 38.6 Å². The van der Waals surface area contributed by atoms with Crippen LogP contribution in [0.3, 0.4) is 0 Å². The molecular formula is C22H23FN6O3. The number of aromatic nitrogens is 3. The van der Waals surface area contributed by atoms with Crippen LogP contribution in [0.25, 0.3) is 11.4 Å². The Kier molecular flexibility index (Phi) is 6.39. The number of anilines is 2. The van der Waals surface area contributed by atoms with Crippen molar-refractivity contribution in [3.63, 3.8) is 0 Å². The number of benzene rings is 2. The van der Waals surface area contributed by atoms with Gasteiger partial charge in [-0.15, -0.1) is 10.2 Å². The fourth-order valence-electron chi connectivity index (χ4n) is 3.78. The number of nitrogens with one attached hydrogen (secondary N) is 2. The average molecular weight is 438 g/mol. The molecule has 1 amide bonds. The lowest BCUT2D eigenvalue weighted by molar-refractivity contribution is -0.384. The van der Waals surface area contributed by atoms with Gasteiger partial charge in [0.15, 0.2) is 5.82 Å². The van der Waals surface area contributed by atoms with Crippen LogP contribution in [-0.4, -0.2) is 32.1 Å². The third kappa shape index (κ3) is 4.74. The highest BCUT2D eigenvalue weighted by atomic mass is 19.1. The minimum absolute atomic E-state index is 0.0523. The first-order valence-electron chi connectivity index (χ1n) is 10.5. The summed E-state index contributed by atoms with van der Waals surface area (Å²) < 4.78 is 16.5. The summed E-state index contributed by atoms with van der Waals surface area (Å²) in [4.78, 5) is 23.0. The van der Waals surface area contributed by atoms with Crippen LogP contribution < -0.4 is 10.6 Å². The molecule has 10 heteroatoms. The van der Waals surface area contributed by atoms with Gasteiger partial charge in [-0.25, -0.2) is 4.39 Å². The van der Waals surface area contributed by atoms with Crippen LogP contribution >= 0.6 is 0 Å². The number of hydrogen-bond donors (Lipinski definition) is 2. The predicted octanol–water partition coefficient (Wildman–Crippen LogP) is 4.16. The Morgan fingerprint density at radius 3 is 2.84 bits per heavy atom. The van der Waals surface area contributed by atoms with E-state index in [4.69, 9.17) is 0 Å². The van der Waals surface area contributed by atoms with E-state index in [0.717, 1.165) is 38.1 Å². The van der Waals surface area contributed by atoms with Gasteiger partial charge in [-0.3, -0.25) is 14.9 Å². The first kappa shape index (κ1) is 21.4. The van der Waals surface area contributed by atoms with Gasteiger partial charge in [0, 0.05) is 37.7 Å². The predicted molar refractivity (Wildman–Crippen MR) is 118 cm³/mol. The highest BCUT2D eigenvalue weighted by Crippen LogP contribution is 2.28. The summed E-state index contributed by atoms with van der Waals surface area (Å²) in [5, 5.41) is 25.1. The second-order valence-corrected chi connectivity index (χ2v) is 7.60. The molecule has 0 atom stereocenters. The fraction of sp³-hybridized carbons (Fsp3) is 0.318. The highest BCUT2D eigenvalue weighted by molar-refractivity contribution is 5.91. The number of aryl methyl sites for hydroxylation is 1. The average Bonchev–Trinajstić information content (AvgIpc) is 3.03. The summed E-state index contributed by atoms with van der Waals surface area (Å²) in [6, 6.07) is 10.6. The van der Waals surface area contributed by atoms with Crippen molar-refractivity contribution in [2.75, 3.05) is 17.2 Å². The molecule has 0 spiro atoms. The minimum atomic E-state index is -0.479. The Balaban J connectivity index is 1.42. The lowest BCUT2D eigenvalue weighted by atomic mass is 10.1. The zero-order chi connectivity index (χ0) is 22.5. The molecule has 0 saturated heterocycles. The van der Waals surface area contributed by atoms with Crippen LogP contribution in [0.1, 0.15) is 31.5 Å². The molecule has 2 aromatic carbocycles. The lowest BCUT2D eigenvalue weighted by Gasteiger charge is -2.11. The van der Waals surface area contributed by atoms with Gasteiger partial charge < -0.3 is 15.2 Å². The Labute approximate surface area is 183 Å². The van der Waals surface area contributed by atoms with E-state index in [0.29, 0.717) is 22.8 Å².